The molecule has 0 heterocycles. The van der Waals surface area contributed by atoms with Gasteiger partial charge in [-0.3, -0.25) is 15.2 Å². The van der Waals surface area contributed by atoms with Crippen LogP contribution in [-0.2, 0) is 84.0 Å². The quantitative estimate of drug-likeness (QED) is 0.0194. The Bertz CT molecular complexity index is 2550. The van der Waals surface area contributed by atoms with Crippen LogP contribution in [0.1, 0.15) is 180 Å². The number of carboxylic acid groups (broad SMARTS) is 1. The monoisotopic (exact) mass is 1570 g/mol. The van der Waals surface area contributed by atoms with Crippen molar-refractivity contribution < 1.29 is 162 Å². The van der Waals surface area contributed by atoms with Crippen LogP contribution in [0.2, 0.25) is 0 Å². The van der Waals surface area contributed by atoms with Crippen molar-refractivity contribution in [3.05, 3.63) is 83.6 Å². The van der Waals surface area contributed by atoms with Gasteiger partial charge in [0.1, 0.15) is 48.5 Å². The average Bonchev–Trinajstić information content (AvgIpc) is 0.836. The minimum atomic E-state index is -3.90. The van der Waals surface area contributed by atoms with Crippen molar-refractivity contribution in [3.63, 3.8) is 0 Å². The van der Waals surface area contributed by atoms with E-state index in [1.54, 1.807) is 71.9 Å². The van der Waals surface area contributed by atoms with E-state index in [-0.39, 0.29) is 107 Å². The fourth-order valence-corrected chi connectivity index (χ4v) is 7.26. The second-order valence-corrected chi connectivity index (χ2v) is 28.8. The SMILES string of the molecule is CC(C)(C)CC=O.CC(C)(C)CCC(NC(=O)OC(C)(C)C)C(=O)O.COC(=O)/C(=C/CC(C)(C)C)NC(=O)OCc1ccccc1.COC(=O)C(CCC(C)(C)C)NC(=O)OC(C)(C)C.COC(=O)C(NC(=O)OCc1ccccc1)P(=O)(OC)OC.O.[2H][B].[HH].[HH].[HH].[HH].[Li+].[OH-].[U]. The maximum atomic E-state index is 12.2. The first-order valence-corrected chi connectivity index (χ1v) is 30.1. The maximum Gasteiger partial charge on any atom is 1.00 e. The zero-order valence-electron chi connectivity index (χ0n) is 60.5. The van der Waals surface area contributed by atoms with Crippen LogP contribution in [0.4, 0.5) is 19.2 Å². The normalized spacial score (nSPS) is 12.1. The maximum absolute atomic E-state index is 12.2. The summed E-state index contributed by atoms with van der Waals surface area (Å²) < 4.78 is 60.9. The Hall–Kier alpha value is -5.41. The summed E-state index contributed by atoms with van der Waals surface area (Å²) in [6.07, 6.45) is 3.37. The Morgan fingerprint density at radius 2 is 0.925 bits per heavy atom. The number of amides is 4. The summed E-state index contributed by atoms with van der Waals surface area (Å²) in [6.45, 7) is 35.2. The van der Waals surface area contributed by atoms with Gasteiger partial charge >= 0.3 is 74.7 Å². The molecule has 534 valence electrons. The molecule has 0 bridgehead atoms. The second kappa shape index (κ2) is 50.9. The molecule has 30 heteroatoms. The molecule has 2 aromatic carbocycles. The minimum Gasteiger partial charge on any atom is -0.870 e. The summed E-state index contributed by atoms with van der Waals surface area (Å²) in [5.74, 6) is -4.67. The Kier molecular flexibility index (Phi) is 55.4. The number of methoxy groups -OCH3 is 3. The van der Waals surface area contributed by atoms with Gasteiger partial charge in [-0.05, 0) is 108 Å². The van der Waals surface area contributed by atoms with Crippen LogP contribution in [0.25, 0.3) is 0 Å². The summed E-state index contributed by atoms with van der Waals surface area (Å²) in [6, 6.07) is 16.7. The number of hydrogen-bond donors (Lipinski definition) is 5. The minimum absolute atomic E-state index is 0. The van der Waals surface area contributed by atoms with Crippen LogP contribution >= 0.6 is 7.60 Å². The van der Waals surface area contributed by atoms with Crippen molar-refractivity contribution in [2.75, 3.05) is 35.5 Å². The molecule has 3 unspecified atom stereocenters. The number of allylic oxidation sites excluding steroid dienone is 1. The van der Waals surface area contributed by atoms with Gasteiger partial charge in [0.25, 0.3) is 0 Å². The van der Waals surface area contributed by atoms with E-state index in [4.69, 9.17) is 39.2 Å². The largest absolute Gasteiger partial charge is 1.00 e. The summed E-state index contributed by atoms with van der Waals surface area (Å²) in [5.41, 5.74) is 0.800. The van der Waals surface area contributed by atoms with Gasteiger partial charge in [-0.15, -0.1) is 0 Å². The summed E-state index contributed by atoms with van der Waals surface area (Å²) in [7, 11) is 5.70. The number of carbonyl (C=O) groups is 9. The van der Waals surface area contributed by atoms with E-state index >= 15 is 0 Å². The van der Waals surface area contributed by atoms with Gasteiger partial charge in [-0.1, -0.05) is 150 Å². The van der Waals surface area contributed by atoms with Gasteiger partial charge in [0.15, 0.2) is 0 Å². The molecule has 3 atom stereocenters. The molecule has 0 aliphatic heterocycles. The number of alkyl carbamates (subject to hydrolysis) is 4. The predicted molar refractivity (Wildman–Crippen MR) is 356 cm³/mol. The van der Waals surface area contributed by atoms with Gasteiger partial charge in [0.05, 0.1) is 21.3 Å². The molecule has 0 aliphatic rings. The molecule has 8 N–H and O–H groups in total. The second-order valence-electron chi connectivity index (χ2n) is 26.5. The number of nitrogens with one attached hydrogen (secondary N) is 4. The Labute approximate surface area is 597 Å². The predicted octanol–water partition coefficient (Wildman–Crippen LogP) is 8.93. The van der Waals surface area contributed by atoms with E-state index in [2.05, 4.69) is 59.9 Å². The Morgan fingerprint density at radius 1 is 0.559 bits per heavy atom. The van der Waals surface area contributed by atoms with Crippen molar-refractivity contribution in [1.82, 2.24) is 21.3 Å². The van der Waals surface area contributed by atoms with Crippen molar-refractivity contribution in [1.29, 1.82) is 1.34 Å². The van der Waals surface area contributed by atoms with E-state index in [1.165, 1.54) is 14.2 Å². The van der Waals surface area contributed by atoms with E-state index in [9.17, 15) is 47.7 Å². The van der Waals surface area contributed by atoms with Crippen molar-refractivity contribution in [2.24, 2.45) is 21.7 Å². The molecule has 0 fully saturated rings. The number of benzene rings is 2. The number of rotatable bonds is 21. The fourth-order valence-electron chi connectivity index (χ4n) is 6.07. The van der Waals surface area contributed by atoms with E-state index in [1.807, 2.05) is 98.7 Å². The Morgan fingerprint density at radius 3 is 1.23 bits per heavy atom. The molecule has 2 rings (SSSR count). The molecule has 4 amide bonds. The van der Waals surface area contributed by atoms with Crippen LogP contribution < -0.4 is 40.1 Å². The summed E-state index contributed by atoms with van der Waals surface area (Å²) in [4.78, 5) is 103. The molecule has 26 nitrogen and oxygen atoms in total. The Balaban J connectivity index is -0.0000000942. The fraction of sp³-hybridized carbons (Fsp3) is 0.635. The number of carboxylic acids is 1. The van der Waals surface area contributed by atoms with E-state index < -0.39 is 84.9 Å². The number of carbonyl (C=O) groups excluding carboxylic acids is 8. The van der Waals surface area contributed by atoms with Crippen LogP contribution in [-0.4, -0.2) is 145 Å². The van der Waals surface area contributed by atoms with Gasteiger partial charge in [-0.2, -0.15) is 0 Å². The molecule has 2 radical (unpaired) electrons. The third-order valence-electron chi connectivity index (χ3n) is 10.7. The number of aldehydes is 1. The molecule has 0 aromatic heterocycles. The molecule has 0 spiro atoms. The number of esters is 3. The molecule has 0 aliphatic carbocycles. The van der Waals surface area contributed by atoms with Crippen molar-refractivity contribution in [3.8, 4) is 0 Å². The molecule has 0 saturated carbocycles. The first-order valence-electron chi connectivity index (χ1n) is 29.0. The van der Waals surface area contributed by atoms with Crippen molar-refractivity contribution >= 4 is 70.5 Å². The van der Waals surface area contributed by atoms with Gasteiger partial charge in [0.2, 0.25) is 5.78 Å². The standard InChI is InChI=1S/C17H23NO4.C14H27NO4.C13H18NO7P.C13H25NO4.C6H12O.BH.Li.2H2O.U.4H2/c1-17(2,3)11-10-14(15(19)21-4)18-16(20)22-12-13-8-6-5-7-9-13;1-13(2,3)9-8-10(11(16)18-7)15-12(17)19-14(4,5)6;1-18-12(15)11(22(17,19-2)20-3)14-13(16)21-9-10-7-5-4-6-8-10;1-12(2,3)8-7-9(10(15)16)14-11(17)18-13(4,5)6;1-6(2,3)4-5-7;;;;;;;;;/h5-10H,11-12H2,1-4H3,(H,18,20);10H,8-9H2,1-7H3,(H,15,17);4-8,11H,9H2,1-3H3,(H,14,16);9H,7-8H2,1-6H3,(H,14,17)(H,15,16);5H,4H2,1-3H3;1H;;2*1H2;;4*1H/q;;;;;;+1;;;;;;;/p-1/b14-10-;;;;;;;;;;;;;/i;;;;;1D;;;;;;;;. The average molecular weight is 1570 g/mol. The molecular formula is C63H117BLiN4O22PU. The molecular weight excluding hydrogens is 1450 g/mol. The van der Waals surface area contributed by atoms with Crippen LogP contribution in [0.3, 0.4) is 0 Å². The first-order chi connectivity index (χ1) is 41.2. The van der Waals surface area contributed by atoms with Crippen molar-refractivity contribution in [2.45, 2.75) is 205 Å². The third-order valence-corrected chi connectivity index (χ3v) is 12.7. The number of ether oxygens (including phenoxy) is 7. The van der Waals surface area contributed by atoms with Gasteiger partial charge in [-0.25, -0.2) is 38.4 Å². The number of aliphatic carboxylic acids is 1. The smallest absolute Gasteiger partial charge is 0.870 e. The van der Waals surface area contributed by atoms with E-state index in [0.29, 0.717) is 32.1 Å². The molecule has 2 aromatic rings. The van der Waals surface area contributed by atoms with Crippen LogP contribution in [0, 0.1) is 52.8 Å². The first kappa shape index (κ1) is 101. The number of hydrogen-bond acceptors (Lipinski definition) is 20. The van der Waals surface area contributed by atoms with E-state index in [0.717, 1.165) is 45.2 Å². The van der Waals surface area contributed by atoms with Crippen LogP contribution in [0.5, 0.6) is 0 Å². The van der Waals surface area contributed by atoms with Gasteiger partial charge < -0.3 is 73.7 Å². The third kappa shape index (κ3) is 58.9. The van der Waals surface area contributed by atoms with Crippen LogP contribution in [0.15, 0.2) is 72.4 Å². The molecule has 0 saturated heterocycles. The molecule has 93 heavy (non-hydrogen) atoms. The summed E-state index contributed by atoms with van der Waals surface area (Å²) in [5, 5.41) is 18.6. The summed E-state index contributed by atoms with van der Waals surface area (Å²) >= 11 is 0. The zero-order chi connectivity index (χ0) is 70.9. The zero-order valence-corrected chi connectivity index (χ0v) is 64.6. The van der Waals surface area contributed by atoms with Gasteiger partial charge in [0, 0.05) is 65.8 Å². The topological polar surface area (TPSA) is 384 Å².